The summed E-state index contributed by atoms with van der Waals surface area (Å²) in [5.74, 6) is 0.814. The molecule has 1 aromatic carbocycles. The van der Waals surface area contributed by atoms with Gasteiger partial charge in [0.2, 0.25) is 0 Å². The Morgan fingerprint density at radius 1 is 1.41 bits per heavy atom. The quantitative estimate of drug-likeness (QED) is 0.798. The van der Waals surface area contributed by atoms with Crippen LogP contribution in [0.5, 0.6) is 5.75 Å². The molecule has 0 saturated carbocycles. The molecule has 0 aliphatic carbocycles. The summed E-state index contributed by atoms with van der Waals surface area (Å²) in [4.78, 5) is 10.6. The van der Waals surface area contributed by atoms with Gasteiger partial charge in [0, 0.05) is 5.56 Å². The molecule has 0 N–H and O–H groups in total. The lowest BCUT2D eigenvalue weighted by atomic mass is 10.2. The van der Waals surface area contributed by atoms with Crippen LogP contribution in [0, 0.1) is 0 Å². The molecule has 0 aromatic heterocycles. The summed E-state index contributed by atoms with van der Waals surface area (Å²) in [6.45, 7) is 0. The predicted octanol–water partition coefficient (Wildman–Crippen LogP) is 1.83. The highest BCUT2D eigenvalue weighted by atomic mass is 79.9. The zero-order valence-corrected chi connectivity index (χ0v) is 11.3. The first-order chi connectivity index (χ1) is 8.00. The highest BCUT2D eigenvalue weighted by Gasteiger charge is 2.29. The highest BCUT2D eigenvalue weighted by Crippen LogP contribution is 2.28. The number of sulfone groups is 1. The molecule has 0 bridgehead atoms. The van der Waals surface area contributed by atoms with Gasteiger partial charge in [-0.3, -0.25) is 4.79 Å². The number of benzene rings is 1. The van der Waals surface area contributed by atoms with Gasteiger partial charge < -0.3 is 4.74 Å². The second kappa shape index (κ2) is 4.78. The standard InChI is InChI=1S/C11H11BrO4S/c12-10-5-8(6-13)1-2-11(10)16-9-3-4-17(14,15)7-9/h1-2,5-6,9H,3-4,7H2. The first kappa shape index (κ1) is 12.6. The zero-order valence-electron chi connectivity index (χ0n) is 8.93. The molecule has 1 unspecified atom stereocenters. The number of hydrogen-bond donors (Lipinski definition) is 0. The lowest BCUT2D eigenvalue weighted by Crippen LogP contribution is -2.17. The summed E-state index contributed by atoms with van der Waals surface area (Å²) in [5.41, 5.74) is 0.545. The van der Waals surface area contributed by atoms with Gasteiger partial charge in [-0.05, 0) is 40.5 Å². The Hall–Kier alpha value is -0.880. The molecule has 0 radical (unpaired) electrons. The molecule has 0 amide bonds. The topological polar surface area (TPSA) is 60.4 Å². The van der Waals surface area contributed by atoms with Crippen molar-refractivity contribution >= 4 is 32.1 Å². The monoisotopic (exact) mass is 318 g/mol. The Kier molecular flexibility index (Phi) is 3.53. The van der Waals surface area contributed by atoms with E-state index in [1.807, 2.05) is 0 Å². The Morgan fingerprint density at radius 2 is 2.18 bits per heavy atom. The average molecular weight is 319 g/mol. The average Bonchev–Trinajstić information content (AvgIpc) is 2.61. The minimum atomic E-state index is -2.94. The summed E-state index contributed by atoms with van der Waals surface area (Å²) >= 11 is 3.29. The minimum Gasteiger partial charge on any atom is -0.488 e. The van der Waals surface area contributed by atoms with Gasteiger partial charge >= 0.3 is 0 Å². The molecule has 1 fully saturated rings. The number of halogens is 1. The van der Waals surface area contributed by atoms with Gasteiger partial charge in [-0.2, -0.15) is 0 Å². The molecule has 92 valence electrons. The van der Waals surface area contributed by atoms with E-state index >= 15 is 0 Å². The smallest absolute Gasteiger partial charge is 0.154 e. The van der Waals surface area contributed by atoms with Gasteiger partial charge in [-0.15, -0.1) is 0 Å². The third-order valence-electron chi connectivity index (χ3n) is 2.58. The SMILES string of the molecule is O=Cc1ccc(OC2CCS(=O)(=O)C2)c(Br)c1. The Balaban J connectivity index is 2.12. The van der Waals surface area contributed by atoms with E-state index in [1.165, 1.54) is 0 Å². The molecule has 6 heteroatoms. The van der Waals surface area contributed by atoms with Gasteiger partial charge in [0.15, 0.2) is 9.84 Å². The van der Waals surface area contributed by atoms with E-state index in [0.29, 0.717) is 22.2 Å². The first-order valence-electron chi connectivity index (χ1n) is 5.12. The number of hydrogen-bond acceptors (Lipinski definition) is 4. The van der Waals surface area contributed by atoms with Gasteiger partial charge in [0.25, 0.3) is 0 Å². The van der Waals surface area contributed by atoms with Crippen molar-refractivity contribution in [2.45, 2.75) is 12.5 Å². The van der Waals surface area contributed by atoms with Crippen LogP contribution in [0.4, 0.5) is 0 Å². The molecule has 17 heavy (non-hydrogen) atoms. The maximum atomic E-state index is 11.3. The normalized spacial score (nSPS) is 22.3. The first-order valence-corrected chi connectivity index (χ1v) is 7.73. The maximum absolute atomic E-state index is 11.3. The van der Waals surface area contributed by atoms with Crippen molar-refractivity contribution in [3.63, 3.8) is 0 Å². The van der Waals surface area contributed by atoms with E-state index in [1.54, 1.807) is 18.2 Å². The largest absolute Gasteiger partial charge is 0.488 e. The van der Waals surface area contributed by atoms with Crippen LogP contribution in [-0.2, 0) is 9.84 Å². The van der Waals surface area contributed by atoms with Gasteiger partial charge in [-0.1, -0.05) is 0 Å². The van der Waals surface area contributed by atoms with E-state index in [0.717, 1.165) is 6.29 Å². The van der Waals surface area contributed by atoms with Crippen molar-refractivity contribution in [1.29, 1.82) is 0 Å². The molecular formula is C11H11BrO4S. The lowest BCUT2D eigenvalue weighted by Gasteiger charge is -2.13. The Labute approximate surface area is 108 Å². The molecule has 1 heterocycles. The highest BCUT2D eigenvalue weighted by molar-refractivity contribution is 9.10. The third kappa shape index (κ3) is 3.07. The van der Waals surface area contributed by atoms with E-state index in [-0.39, 0.29) is 17.6 Å². The van der Waals surface area contributed by atoms with E-state index < -0.39 is 9.84 Å². The van der Waals surface area contributed by atoms with Crippen molar-refractivity contribution in [2.75, 3.05) is 11.5 Å². The summed E-state index contributed by atoms with van der Waals surface area (Å²) < 4.78 is 28.8. The van der Waals surface area contributed by atoms with E-state index in [4.69, 9.17) is 4.74 Å². The van der Waals surface area contributed by atoms with Crippen molar-refractivity contribution in [2.24, 2.45) is 0 Å². The van der Waals surface area contributed by atoms with Crippen LogP contribution in [-0.4, -0.2) is 32.3 Å². The van der Waals surface area contributed by atoms with Crippen molar-refractivity contribution in [3.05, 3.63) is 28.2 Å². The fourth-order valence-corrected chi connectivity index (χ4v) is 3.80. The lowest BCUT2D eigenvalue weighted by molar-refractivity contribution is 0.112. The molecule has 1 aromatic rings. The van der Waals surface area contributed by atoms with Crippen molar-refractivity contribution < 1.29 is 17.9 Å². The van der Waals surface area contributed by atoms with Gasteiger partial charge in [-0.25, -0.2) is 8.42 Å². The van der Waals surface area contributed by atoms with Crippen LogP contribution in [0.3, 0.4) is 0 Å². The second-order valence-corrected chi connectivity index (χ2v) is 7.03. The van der Waals surface area contributed by atoms with Crippen molar-refractivity contribution in [3.8, 4) is 5.75 Å². The molecule has 1 atom stereocenters. The number of carbonyl (C=O) groups is 1. The summed E-state index contributed by atoms with van der Waals surface area (Å²) in [7, 11) is -2.94. The number of ether oxygens (including phenoxy) is 1. The fraction of sp³-hybridized carbons (Fsp3) is 0.364. The van der Waals surface area contributed by atoms with Crippen molar-refractivity contribution in [1.82, 2.24) is 0 Å². The zero-order chi connectivity index (χ0) is 12.5. The van der Waals surface area contributed by atoms with Crippen LogP contribution in [0.1, 0.15) is 16.8 Å². The number of rotatable bonds is 3. The third-order valence-corrected chi connectivity index (χ3v) is 4.93. The van der Waals surface area contributed by atoms with Crippen LogP contribution in [0.2, 0.25) is 0 Å². The van der Waals surface area contributed by atoms with Gasteiger partial charge in [0.1, 0.15) is 18.1 Å². The molecule has 4 nitrogen and oxygen atoms in total. The summed E-state index contributed by atoms with van der Waals surface area (Å²) in [6, 6.07) is 4.95. The molecule has 1 aliphatic heterocycles. The summed E-state index contributed by atoms with van der Waals surface area (Å²) in [5, 5.41) is 0. The fourth-order valence-electron chi connectivity index (χ4n) is 1.72. The molecule has 1 aliphatic rings. The van der Waals surface area contributed by atoms with Crippen LogP contribution < -0.4 is 4.74 Å². The predicted molar refractivity (Wildman–Crippen MR) is 67.2 cm³/mol. The maximum Gasteiger partial charge on any atom is 0.154 e. The molecule has 0 spiro atoms. The molecular weight excluding hydrogens is 308 g/mol. The van der Waals surface area contributed by atoms with Gasteiger partial charge in [0.05, 0.1) is 16.0 Å². The van der Waals surface area contributed by atoms with E-state index in [9.17, 15) is 13.2 Å². The van der Waals surface area contributed by atoms with Crippen LogP contribution in [0.15, 0.2) is 22.7 Å². The minimum absolute atomic E-state index is 0.0644. The Morgan fingerprint density at radius 3 is 2.71 bits per heavy atom. The molecule has 2 rings (SSSR count). The van der Waals surface area contributed by atoms with E-state index in [2.05, 4.69) is 15.9 Å². The van der Waals surface area contributed by atoms with Crippen LogP contribution in [0.25, 0.3) is 0 Å². The number of carbonyl (C=O) groups excluding carboxylic acids is 1. The Bertz CT molecular complexity index is 538. The second-order valence-electron chi connectivity index (χ2n) is 3.95. The summed E-state index contributed by atoms with van der Waals surface area (Å²) in [6.07, 6.45) is 0.970. The number of aldehydes is 1. The van der Waals surface area contributed by atoms with Crippen LogP contribution >= 0.6 is 15.9 Å². The molecule has 1 saturated heterocycles.